The predicted molar refractivity (Wildman–Crippen MR) is 16.8 cm³/mol. The minimum atomic E-state index is -1.50. The van der Waals surface area contributed by atoms with Crippen LogP contribution < -0.4 is 0 Å². The van der Waals surface area contributed by atoms with Crippen LogP contribution in [-0.4, -0.2) is 33.3 Å². The first kappa shape index (κ1) is 15.7. The fourth-order valence-corrected chi connectivity index (χ4v) is 0. The third kappa shape index (κ3) is 55.9. The summed E-state index contributed by atoms with van der Waals surface area (Å²) in [7, 11) is 0. The molecule has 0 heterocycles. The van der Waals surface area contributed by atoms with Gasteiger partial charge in [-0.2, -0.15) is 0 Å². The summed E-state index contributed by atoms with van der Waals surface area (Å²) in [5.41, 5.74) is 0. The van der Waals surface area contributed by atoms with E-state index in [1.54, 1.807) is 0 Å². The number of rotatable bonds is 0. The van der Waals surface area contributed by atoms with Gasteiger partial charge >= 0.3 is 23.1 Å². The van der Waals surface area contributed by atoms with Crippen LogP contribution in [0.2, 0.25) is 0 Å². The zero-order valence-electron chi connectivity index (χ0n) is 4.92. The standard InChI is InChI=1S/Ce.Mg.HNO3.2H/c;;2-1(3)4;;/h;;(H,2,3,4);;/q;+2;;2*-1. The third-order valence-corrected chi connectivity index (χ3v) is 0. The first-order chi connectivity index (χ1) is 1.73. The van der Waals surface area contributed by atoms with Crippen molar-refractivity contribution in [2.45, 2.75) is 0 Å². The molecule has 0 radical (unpaired) electrons. The van der Waals surface area contributed by atoms with E-state index in [0.29, 0.717) is 0 Å². The molecule has 0 atom stereocenters. The van der Waals surface area contributed by atoms with Gasteiger partial charge in [-0.1, -0.05) is 0 Å². The molecule has 0 fully saturated rings. The smallest absolute Gasteiger partial charge is 1.00 e. The van der Waals surface area contributed by atoms with Crippen LogP contribution in [0.25, 0.3) is 0 Å². The molecule has 0 aromatic rings. The normalized spacial score (nSPS) is 4.00. The molecule has 0 aromatic carbocycles. The second-order valence-corrected chi connectivity index (χ2v) is 0.238. The van der Waals surface area contributed by atoms with Gasteiger partial charge in [0.15, 0.2) is 0 Å². The molecule has 0 amide bonds. The average molecular weight is 229 g/mol. The predicted octanol–water partition coefficient (Wildman–Crippen LogP) is -0.504. The Morgan fingerprint density at radius 1 is 1.83 bits per heavy atom. The van der Waals surface area contributed by atoms with E-state index >= 15 is 0 Å². The van der Waals surface area contributed by atoms with Gasteiger partial charge in [0, 0.05) is 41.7 Å². The third-order valence-electron chi connectivity index (χ3n) is 0. The molecule has 0 aliphatic heterocycles. The van der Waals surface area contributed by atoms with Crippen LogP contribution in [0.1, 0.15) is 2.85 Å². The zero-order chi connectivity index (χ0) is 3.58. The average Bonchev–Trinajstić information content (AvgIpc) is 0.811. The van der Waals surface area contributed by atoms with E-state index in [-0.39, 0.29) is 67.7 Å². The number of nitrogens with zero attached hydrogens (tertiary/aromatic N) is 1. The van der Waals surface area contributed by atoms with Crippen LogP contribution in [0, 0.1) is 51.9 Å². The van der Waals surface area contributed by atoms with Gasteiger partial charge in [0.25, 0.3) is 5.09 Å². The maximum atomic E-state index is 8.36. The molecule has 0 unspecified atom stereocenters. The maximum absolute atomic E-state index is 8.36. The Kier molecular flexibility index (Phi) is 25.1. The maximum Gasteiger partial charge on any atom is 2.00 e. The minimum absolute atomic E-state index is 0. The summed E-state index contributed by atoms with van der Waals surface area (Å²) in [6.45, 7) is 0. The number of hydrogen-bond acceptors (Lipinski definition) is 2. The van der Waals surface area contributed by atoms with Crippen molar-refractivity contribution in [1.82, 2.24) is 0 Å². The van der Waals surface area contributed by atoms with Crippen molar-refractivity contribution < 1.29 is 54.9 Å². The van der Waals surface area contributed by atoms with Crippen LogP contribution >= 0.6 is 0 Å². The summed E-state index contributed by atoms with van der Waals surface area (Å²) in [6, 6.07) is 0. The second kappa shape index (κ2) is 9.60. The van der Waals surface area contributed by atoms with Crippen molar-refractivity contribution in [3.05, 3.63) is 10.1 Å². The van der Waals surface area contributed by atoms with Gasteiger partial charge in [0.1, 0.15) is 0 Å². The van der Waals surface area contributed by atoms with E-state index < -0.39 is 5.09 Å². The molecule has 0 aliphatic rings. The van der Waals surface area contributed by atoms with Crippen molar-refractivity contribution in [1.29, 1.82) is 0 Å². The van der Waals surface area contributed by atoms with Crippen molar-refractivity contribution in [3.8, 4) is 0 Å². The largest absolute Gasteiger partial charge is 2.00 e. The van der Waals surface area contributed by atoms with E-state index in [1.807, 2.05) is 0 Å². The van der Waals surface area contributed by atoms with Crippen LogP contribution in [-0.2, 0) is 0 Å². The van der Waals surface area contributed by atoms with Gasteiger partial charge in [-0.25, -0.2) is 0 Å². The molecule has 0 aliphatic carbocycles. The summed E-state index contributed by atoms with van der Waals surface area (Å²) >= 11 is 0. The molecular weight excluding hydrogens is 226 g/mol. The Hall–Kier alpha value is 1.34. The Bertz CT molecular complexity index is 40.3. The molecule has 6 heteroatoms. The van der Waals surface area contributed by atoms with Gasteiger partial charge in [-0.3, -0.25) is 0 Å². The summed E-state index contributed by atoms with van der Waals surface area (Å²) in [5.74, 6) is 0. The zero-order valence-corrected chi connectivity index (χ0v) is 7.47. The molecule has 0 rings (SSSR count). The van der Waals surface area contributed by atoms with E-state index in [0.717, 1.165) is 0 Å². The second-order valence-electron chi connectivity index (χ2n) is 0.238. The molecule has 0 saturated heterocycles. The van der Waals surface area contributed by atoms with E-state index in [4.69, 9.17) is 15.3 Å². The first-order valence-electron chi connectivity index (χ1n) is 0.565. The van der Waals surface area contributed by atoms with Crippen LogP contribution in [0.5, 0.6) is 0 Å². The van der Waals surface area contributed by atoms with E-state index in [9.17, 15) is 0 Å². The van der Waals surface area contributed by atoms with Crippen molar-refractivity contribution in [2.75, 3.05) is 0 Å². The number of hydrogen-bond donors (Lipinski definition) is 1. The molecule has 0 spiro atoms. The van der Waals surface area contributed by atoms with E-state index in [1.165, 1.54) is 0 Å². The first-order valence-corrected chi connectivity index (χ1v) is 0.565. The topological polar surface area (TPSA) is 63.4 Å². The molecule has 6 heavy (non-hydrogen) atoms. The van der Waals surface area contributed by atoms with Gasteiger partial charge in [0.2, 0.25) is 0 Å². The minimum Gasteiger partial charge on any atom is -1.00 e. The Labute approximate surface area is 86.9 Å². The van der Waals surface area contributed by atoms with Crippen molar-refractivity contribution in [2.24, 2.45) is 0 Å². The molecule has 4 nitrogen and oxygen atoms in total. The molecular formula is H3CeMgNO3. The van der Waals surface area contributed by atoms with Crippen molar-refractivity contribution in [3.63, 3.8) is 0 Å². The van der Waals surface area contributed by atoms with Gasteiger partial charge < -0.3 is 8.06 Å². The van der Waals surface area contributed by atoms with Crippen LogP contribution in [0.3, 0.4) is 0 Å². The fraction of sp³-hybridized carbons (Fsp3) is 0. The summed E-state index contributed by atoms with van der Waals surface area (Å²) in [5, 5.41) is 13.6. The fourth-order valence-electron chi connectivity index (χ4n) is 0. The molecule has 0 bridgehead atoms. The molecule has 0 aromatic heterocycles. The quantitative estimate of drug-likeness (QED) is 0.346. The molecule has 1 N–H and O–H groups in total. The Morgan fingerprint density at radius 2 is 1.83 bits per heavy atom. The summed E-state index contributed by atoms with van der Waals surface area (Å²) in [6.07, 6.45) is 0. The van der Waals surface area contributed by atoms with Gasteiger partial charge in [-0.15, -0.1) is 10.1 Å². The Morgan fingerprint density at radius 3 is 1.83 bits per heavy atom. The van der Waals surface area contributed by atoms with Crippen LogP contribution in [0.4, 0.5) is 0 Å². The van der Waals surface area contributed by atoms with Gasteiger partial charge in [0.05, 0.1) is 0 Å². The van der Waals surface area contributed by atoms with Crippen LogP contribution in [0.15, 0.2) is 0 Å². The van der Waals surface area contributed by atoms with Crippen molar-refractivity contribution >= 4 is 23.1 Å². The Balaban J connectivity index is -0.00000000750. The monoisotopic (exact) mass is 229 g/mol. The SMILES string of the molecule is O=[N+]([O-])O.[Ce].[H-].[H-].[Mg+2]. The van der Waals surface area contributed by atoms with Gasteiger partial charge in [-0.05, 0) is 0 Å². The summed E-state index contributed by atoms with van der Waals surface area (Å²) < 4.78 is 0. The molecule has 0 saturated carbocycles. The summed E-state index contributed by atoms with van der Waals surface area (Å²) in [4.78, 5) is 8.36. The molecule has 32 valence electrons. The van der Waals surface area contributed by atoms with E-state index in [2.05, 4.69) is 0 Å².